The van der Waals surface area contributed by atoms with Crippen molar-refractivity contribution in [1.29, 1.82) is 0 Å². The highest BCUT2D eigenvalue weighted by atomic mass is 32.2. The molecule has 1 atom stereocenters. The summed E-state index contributed by atoms with van der Waals surface area (Å²) in [4.78, 5) is 25.9. The Labute approximate surface area is 231 Å². The van der Waals surface area contributed by atoms with Crippen molar-refractivity contribution in [3.63, 3.8) is 0 Å². The lowest BCUT2D eigenvalue weighted by Crippen LogP contribution is -2.49. The summed E-state index contributed by atoms with van der Waals surface area (Å²) >= 11 is 1.12. The number of thiazole rings is 1. The molecule has 2 heterocycles. The maximum atomic E-state index is 13.8. The molecule has 204 valence electrons. The number of nitrogens with zero attached hydrogens (tertiary/aromatic N) is 2. The quantitative estimate of drug-likeness (QED) is 0.343. The van der Waals surface area contributed by atoms with Gasteiger partial charge in [-0.3, -0.25) is 18.5 Å². The van der Waals surface area contributed by atoms with Crippen LogP contribution in [0.15, 0.2) is 76.4 Å². The van der Waals surface area contributed by atoms with E-state index in [1.807, 2.05) is 46.8 Å². The number of hydrogen-bond acceptors (Lipinski definition) is 6. The fourth-order valence-corrected chi connectivity index (χ4v) is 7.17. The topological polar surface area (TPSA) is 97.7 Å². The smallest absolute Gasteiger partial charge is 0.308 e. The second kappa shape index (κ2) is 9.84. The highest BCUT2D eigenvalue weighted by Crippen LogP contribution is 2.40. The van der Waals surface area contributed by atoms with E-state index in [0.717, 1.165) is 27.1 Å². The van der Waals surface area contributed by atoms with Crippen molar-refractivity contribution in [3.05, 3.63) is 82.0 Å². The third kappa shape index (κ3) is 5.06. The molecule has 0 fully saturated rings. The van der Waals surface area contributed by atoms with Gasteiger partial charge in [0, 0.05) is 11.7 Å². The Morgan fingerprint density at radius 3 is 2.44 bits per heavy atom. The molecule has 0 radical (unpaired) electrons. The first-order chi connectivity index (χ1) is 18.4. The van der Waals surface area contributed by atoms with Gasteiger partial charge in [0.1, 0.15) is 5.75 Å². The van der Waals surface area contributed by atoms with Crippen molar-refractivity contribution < 1.29 is 17.9 Å². The van der Waals surface area contributed by atoms with Crippen LogP contribution in [0.2, 0.25) is 0 Å². The van der Waals surface area contributed by atoms with Gasteiger partial charge < -0.3 is 10.1 Å². The van der Waals surface area contributed by atoms with E-state index in [2.05, 4.69) is 5.32 Å². The van der Waals surface area contributed by atoms with Crippen LogP contribution >= 0.6 is 11.3 Å². The molecule has 1 aliphatic rings. The number of benzene rings is 3. The van der Waals surface area contributed by atoms with Gasteiger partial charge in [0.15, 0.2) is 6.10 Å². The Morgan fingerprint density at radius 2 is 1.77 bits per heavy atom. The Balaban J connectivity index is 1.49. The van der Waals surface area contributed by atoms with Crippen LogP contribution in [0.25, 0.3) is 10.2 Å². The predicted molar refractivity (Wildman–Crippen MR) is 156 cm³/mol. The monoisotopic (exact) mass is 565 g/mol. The number of nitrogens with one attached hydrogen (secondary N) is 1. The summed E-state index contributed by atoms with van der Waals surface area (Å²) in [5.74, 6) is -0.166. The molecule has 0 bridgehead atoms. The average molecular weight is 566 g/mol. The Bertz CT molecular complexity index is 1720. The van der Waals surface area contributed by atoms with E-state index in [0.29, 0.717) is 17.1 Å². The van der Waals surface area contributed by atoms with Crippen molar-refractivity contribution in [3.8, 4) is 5.75 Å². The summed E-state index contributed by atoms with van der Waals surface area (Å²) < 4.78 is 37.4. The van der Waals surface area contributed by atoms with E-state index in [4.69, 9.17) is 4.74 Å². The van der Waals surface area contributed by atoms with E-state index in [-0.39, 0.29) is 27.8 Å². The first-order valence-electron chi connectivity index (χ1n) is 12.7. The SMILES string of the molecule is CC(C)n1c(=O)sc2cc(NC(=O)[C@H]3CN(S(=O)(=O)c4ccccc4)c4cc(C(C)(C)C)ccc4O3)ccc21. The Hall–Kier alpha value is -3.63. The molecule has 1 aliphatic heterocycles. The van der Waals surface area contributed by atoms with Gasteiger partial charge in [-0.2, -0.15) is 0 Å². The minimum absolute atomic E-state index is 0.0127. The summed E-state index contributed by atoms with van der Waals surface area (Å²) in [5, 5.41) is 2.85. The number of fused-ring (bicyclic) bond motifs is 2. The zero-order valence-electron chi connectivity index (χ0n) is 22.5. The van der Waals surface area contributed by atoms with Crippen LogP contribution < -0.4 is 19.2 Å². The highest BCUT2D eigenvalue weighted by Gasteiger charge is 2.38. The number of carbonyl (C=O) groups is 1. The van der Waals surface area contributed by atoms with Crippen LogP contribution in [0.1, 0.15) is 46.2 Å². The molecule has 10 heteroatoms. The normalized spacial score (nSPS) is 15.7. The second-order valence-electron chi connectivity index (χ2n) is 10.9. The molecule has 1 aromatic heterocycles. The van der Waals surface area contributed by atoms with Crippen molar-refractivity contribution in [2.24, 2.45) is 0 Å². The van der Waals surface area contributed by atoms with Gasteiger partial charge in [0.2, 0.25) is 0 Å². The summed E-state index contributed by atoms with van der Waals surface area (Å²) in [7, 11) is -3.98. The molecule has 3 aromatic carbocycles. The molecule has 39 heavy (non-hydrogen) atoms. The van der Waals surface area contributed by atoms with Crippen molar-refractivity contribution in [2.75, 3.05) is 16.2 Å². The van der Waals surface area contributed by atoms with Crippen molar-refractivity contribution >= 4 is 48.9 Å². The van der Waals surface area contributed by atoms with E-state index in [1.54, 1.807) is 47.0 Å². The number of ether oxygens (including phenoxy) is 1. The Kier molecular flexibility index (Phi) is 6.80. The average Bonchev–Trinajstić information content (AvgIpc) is 3.22. The van der Waals surface area contributed by atoms with E-state index < -0.39 is 22.0 Å². The fourth-order valence-electron chi connectivity index (χ4n) is 4.63. The first kappa shape index (κ1) is 27.0. The molecule has 8 nitrogen and oxygen atoms in total. The van der Waals surface area contributed by atoms with Crippen LogP contribution in [0.5, 0.6) is 5.75 Å². The van der Waals surface area contributed by atoms with Gasteiger partial charge in [-0.1, -0.05) is 56.4 Å². The van der Waals surface area contributed by atoms with E-state index >= 15 is 0 Å². The van der Waals surface area contributed by atoms with Gasteiger partial charge in [-0.15, -0.1) is 0 Å². The number of rotatable bonds is 5. The molecule has 0 saturated heterocycles. The molecule has 0 saturated carbocycles. The molecular formula is C29H31N3O5S2. The number of carbonyl (C=O) groups excluding carboxylic acids is 1. The van der Waals surface area contributed by atoms with Gasteiger partial charge >= 0.3 is 4.87 Å². The predicted octanol–water partition coefficient (Wildman–Crippen LogP) is 5.54. The van der Waals surface area contributed by atoms with Crippen LogP contribution in [-0.2, 0) is 20.2 Å². The van der Waals surface area contributed by atoms with Crippen LogP contribution in [-0.4, -0.2) is 31.5 Å². The molecular weight excluding hydrogens is 534 g/mol. The zero-order chi connectivity index (χ0) is 28.1. The molecule has 0 unspecified atom stereocenters. The number of anilines is 2. The van der Waals surface area contributed by atoms with Gasteiger partial charge in [-0.05, 0) is 67.3 Å². The highest BCUT2D eigenvalue weighted by molar-refractivity contribution is 7.92. The standard InChI is InChI=1S/C29H31N3O5S2/c1-18(2)32-22-13-12-20(16-26(22)38-28(32)34)30-27(33)25-17-31(39(35,36)21-9-7-6-8-10-21)23-15-19(29(3,4)5)11-14-24(23)37-25/h6-16,18,25H,17H2,1-5H3,(H,30,33)/t25-/m1/s1. The lowest BCUT2D eigenvalue weighted by atomic mass is 9.86. The third-order valence-corrected chi connectivity index (χ3v) is 9.43. The number of amides is 1. The lowest BCUT2D eigenvalue weighted by Gasteiger charge is -2.36. The molecule has 0 spiro atoms. The fraction of sp³-hybridized carbons (Fsp3) is 0.310. The molecule has 5 rings (SSSR count). The summed E-state index contributed by atoms with van der Waals surface area (Å²) in [6, 6.07) is 18.9. The maximum Gasteiger partial charge on any atom is 0.308 e. The second-order valence-corrected chi connectivity index (χ2v) is 13.7. The summed E-state index contributed by atoms with van der Waals surface area (Å²) in [6.45, 7) is 9.85. The van der Waals surface area contributed by atoms with Crippen LogP contribution in [0, 0.1) is 0 Å². The van der Waals surface area contributed by atoms with Crippen molar-refractivity contribution in [1.82, 2.24) is 4.57 Å². The van der Waals surface area contributed by atoms with E-state index in [1.165, 1.54) is 16.4 Å². The van der Waals surface area contributed by atoms with Gasteiger partial charge in [-0.25, -0.2) is 8.42 Å². The summed E-state index contributed by atoms with van der Waals surface area (Å²) in [5.41, 5.74) is 2.43. The molecule has 1 N–H and O–H groups in total. The first-order valence-corrected chi connectivity index (χ1v) is 15.0. The maximum absolute atomic E-state index is 13.8. The van der Waals surface area contributed by atoms with Crippen molar-refractivity contribution in [2.45, 2.75) is 57.1 Å². The third-order valence-electron chi connectivity index (χ3n) is 6.72. The van der Waals surface area contributed by atoms with Gasteiger partial charge in [0.05, 0.1) is 27.3 Å². The van der Waals surface area contributed by atoms with Gasteiger partial charge in [0.25, 0.3) is 15.9 Å². The zero-order valence-corrected chi connectivity index (χ0v) is 24.1. The molecule has 1 amide bonds. The number of sulfonamides is 1. The lowest BCUT2D eigenvalue weighted by molar-refractivity contribution is -0.122. The minimum Gasteiger partial charge on any atom is -0.476 e. The van der Waals surface area contributed by atoms with Crippen LogP contribution in [0.4, 0.5) is 11.4 Å². The number of hydrogen-bond donors (Lipinski definition) is 1. The number of aromatic nitrogens is 1. The van der Waals surface area contributed by atoms with Crippen LogP contribution in [0.3, 0.4) is 0 Å². The largest absolute Gasteiger partial charge is 0.476 e. The molecule has 0 aliphatic carbocycles. The minimum atomic E-state index is -3.98. The summed E-state index contributed by atoms with van der Waals surface area (Å²) in [6.07, 6.45) is -1.09. The molecule has 4 aromatic rings. The van der Waals surface area contributed by atoms with E-state index in [9.17, 15) is 18.0 Å². The Morgan fingerprint density at radius 1 is 1.05 bits per heavy atom.